The molecule has 2 atom stereocenters. The number of rotatable bonds is 6. The highest BCUT2D eigenvalue weighted by atomic mass is 16.2. The molecule has 0 aromatic carbocycles. The van der Waals surface area contributed by atoms with Crippen molar-refractivity contribution in [1.82, 2.24) is 5.32 Å². The number of hydrogen-bond acceptors (Lipinski definition) is 3. The van der Waals surface area contributed by atoms with Crippen LogP contribution in [0, 0.1) is 5.92 Å². The molecule has 0 saturated carbocycles. The molecule has 0 aromatic heterocycles. The fraction of sp³-hybridized carbons (Fsp3) is 0.889. The topological polar surface area (TPSA) is 81.1 Å². The summed E-state index contributed by atoms with van der Waals surface area (Å²) in [5.74, 6) is 0.167. The van der Waals surface area contributed by atoms with E-state index in [0.717, 1.165) is 12.8 Å². The van der Waals surface area contributed by atoms with E-state index in [9.17, 15) is 4.79 Å². The molecule has 1 unspecified atom stereocenters. The van der Waals surface area contributed by atoms with Crippen molar-refractivity contribution in [3.05, 3.63) is 0 Å². The van der Waals surface area contributed by atoms with Gasteiger partial charge in [-0.15, -0.1) is 0 Å². The molecule has 0 spiro atoms. The number of hydrogen-bond donors (Lipinski definition) is 3. The van der Waals surface area contributed by atoms with Crippen molar-refractivity contribution < 1.29 is 4.79 Å². The Balaban J connectivity index is 3.69. The second-order valence-corrected chi connectivity index (χ2v) is 3.34. The Morgan fingerprint density at radius 1 is 1.54 bits per heavy atom. The lowest BCUT2D eigenvalue weighted by atomic mass is 9.99. The molecule has 0 aromatic rings. The summed E-state index contributed by atoms with van der Waals surface area (Å²) in [6, 6.07) is -0.386. The van der Waals surface area contributed by atoms with Gasteiger partial charge in [-0.1, -0.05) is 20.3 Å². The maximum atomic E-state index is 11.3. The summed E-state index contributed by atoms with van der Waals surface area (Å²) in [5.41, 5.74) is 11.0. The van der Waals surface area contributed by atoms with Gasteiger partial charge in [-0.3, -0.25) is 4.79 Å². The van der Waals surface area contributed by atoms with Crippen molar-refractivity contribution in [2.24, 2.45) is 17.4 Å². The number of carbonyl (C=O) groups excluding carboxylic acids is 1. The molecule has 78 valence electrons. The summed E-state index contributed by atoms with van der Waals surface area (Å²) in [6.45, 7) is 5.23. The van der Waals surface area contributed by atoms with Crippen LogP contribution in [-0.4, -0.2) is 25.0 Å². The van der Waals surface area contributed by atoms with Gasteiger partial charge in [-0.25, -0.2) is 0 Å². The minimum Gasteiger partial charge on any atom is -0.355 e. The molecule has 0 heterocycles. The van der Waals surface area contributed by atoms with Gasteiger partial charge in [-0.05, 0) is 18.9 Å². The summed E-state index contributed by atoms with van der Waals surface area (Å²) in [5, 5.41) is 2.75. The summed E-state index contributed by atoms with van der Waals surface area (Å²) in [4.78, 5) is 11.3. The molecule has 0 aliphatic heterocycles. The Morgan fingerprint density at radius 2 is 2.15 bits per heavy atom. The molecule has 0 aliphatic rings. The van der Waals surface area contributed by atoms with Crippen LogP contribution in [0.1, 0.15) is 26.7 Å². The van der Waals surface area contributed by atoms with E-state index in [0.29, 0.717) is 13.1 Å². The first-order chi connectivity index (χ1) is 6.13. The first-order valence-electron chi connectivity index (χ1n) is 4.86. The number of amides is 1. The monoisotopic (exact) mass is 187 g/mol. The molecule has 13 heavy (non-hydrogen) atoms. The largest absolute Gasteiger partial charge is 0.355 e. The molecular weight excluding hydrogens is 166 g/mol. The van der Waals surface area contributed by atoms with Gasteiger partial charge in [-0.2, -0.15) is 0 Å². The van der Waals surface area contributed by atoms with Gasteiger partial charge in [0.15, 0.2) is 0 Å². The molecule has 0 rings (SSSR count). The van der Waals surface area contributed by atoms with Crippen molar-refractivity contribution in [3.8, 4) is 0 Å². The average molecular weight is 187 g/mol. The maximum absolute atomic E-state index is 11.3. The number of carbonyl (C=O) groups is 1. The van der Waals surface area contributed by atoms with Gasteiger partial charge in [0.1, 0.15) is 0 Å². The molecule has 5 N–H and O–H groups in total. The van der Waals surface area contributed by atoms with Gasteiger partial charge >= 0.3 is 0 Å². The number of nitrogens with one attached hydrogen (secondary N) is 1. The predicted molar refractivity (Wildman–Crippen MR) is 54.1 cm³/mol. The first kappa shape index (κ1) is 12.4. The van der Waals surface area contributed by atoms with Crippen molar-refractivity contribution in [2.75, 3.05) is 13.1 Å². The first-order valence-corrected chi connectivity index (χ1v) is 4.86. The standard InChI is InChI=1S/C9H21N3O/c1-3-7(2)8(11)9(13)12-6-4-5-10/h7-8H,3-6,10-11H2,1-2H3,(H,12,13)/t7?,8-/m0/s1. The zero-order valence-electron chi connectivity index (χ0n) is 8.55. The second kappa shape index (κ2) is 6.86. The van der Waals surface area contributed by atoms with E-state index in [-0.39, 0.29) is 17.9 Å². The van der Waals surface area contributed by atoms with Gasteiger partial charge in [0.25, 0.3) is 0 Å². The smallest absolute Gasteiger partial charge is 0.237 e. The molecule has 4 nitrogen and oxygen atoms in total. The average Bonchev–Trinajstić information content (AvgIpc) is 2.15. The molecular formula is C9H21N3O. The van der Waals surface area contributed by atoms with E-state index < -0.39 is 0 Å². The Kier molecular flexibility index (Phi) is 6.54. The van der Waals surface area contributed by atoms with E-state index in [2.05, 4.69) is 5.32 Å². The third-order valence-corrected chi connectivity index (χ3v) is 2.24. The fourth-order valence-corrected chi connectivity index (χ4v) is 0.944. The SMILES string of the molecule is CCC(C)[C@H](N)C(=O)NCCCN. The van der Waals surface area contributed by atoms with E-state index in [4.69, 9.17) is 11.5 Å². The molecule has 0 bridgehead atoms. The van der Waals surface area contributed by atoms with E-state index in [1.807, 2.05) is 13.8 Å². The Hall–Kier alpha value is -0.610. The van der Waals surface area contributed by atoms with Crippen LogP contribution in [0.5, 0.6) is 0 Å². The third-order valence-electron chi connectivity index (χ3n) is 2.24. The molecule has 0 radical (unpaired) electrons. The van der Waals surface area contributed by atoms with Gasteiger partial charge in [0, 0.05) is 6.54 Å². The molecule has 1 amide bonds. The van der Waals surface area contributed by atoms with Crippen LogP contribution in [0.25, 0.3) is 0 Å². The minimum absolute atomic E-state index is 0.0669. The van der Waals surface area contributed by atoms with Crippen molar-refractivity contribution in [2.45, 2.75) is 32.7 Å². The predicted octanol–water partition coefficient (Wildman–Crippen LogP) is -0.175. The zero-order valence-corrected chi connectivity index (χ0v) is 8.55. The van der Waals surface area contributed by atoms with E-state index >= 15 is 0 Å². The van der Waals surface area contributed by atoms with Crippen molar-refractivity contribution in [3.63, 3.8) is 0 Å². The fourth-order valence-electron chi connectivity index (χ4n) is 0.944. The van der Waals surface area contributed by atoms with Crippen LogP contribution in [0.4, 0.5) is 0 Å². The van der Waals surface area contributed by atoms with Gasteiger partial charge < -0.3 is 16.8 Å². The quantitative estimate of drug-likeness (QED) is 0.505. The Bertz CT molecular complexity index is 150. The van der Waals surface area contributed by atoms with Crippen LogP contribution < -0.4 is 16.8 Å². The lowest BCUT2D eigenvalue weighted by molar-refractivity contribution is -0.123. The van der Waals surface area contributed by atoms with Crippen molar-refractivity contribution in [1.29, 1.82) is 0 Å². The highest BCUT2D eigenvalue weighted by Crippen LogP contribution is 2.04. The molecule has 4 heteroatoms. The molecule has 0 aliphatic carbocycles. The summed E-state index contributed by atoms with van der Waals surface area (Å²) >= 11 is 0. The van der Waals surface area contributed by atoms with E-state index in [1.54, 1.807) is 0 Å². The normalized spacial score (nSPS) is 15.1. The van der Waals surface area contributed by atoms with Gasteiger partial charge in [0.05, 0.1) is 6.04 Å². The lowest BCUT2D eigenvalue weighted by Crippen LogP contribution is -2.45. The summed E-state index contributed by atoms with van der Waals surface area (Å²) in [6.07, 6.45) is 1.73. The van der Waals surface area contributed by atoms with Crippen LogP contribution in [-0.2, 0) is 4.79 Å². The molecule has 0 fully saturated rings. The van der Waals surface area contributed by atoms with Crippen LogP contribution in [0.15, 0.2) is 0 Å². The third kappa shape index (κ3) is 4.85. The molecule has 0 saturated heterocycles. The Morgan fingerprint density at radius 3 is 2.62 bits per heavy atom. The Labute approximate surface area is 80.0 Å². The lowest BCUT2D eigenvalue weighted by Gasteiger charge is -2.17. The highest BCUT2D eigenvalue weighted by molar-refractivity contribution is 5.81. The number of nitrogens with two attached hydrogens (primary N) is 2. The van der Waals surface area contributed by atoms with Crippen LogP contribution in [0.2, 0.25) is 0 Å². The van der Waals surface area contributed by atoms with Crippen molar-refractivity contribution >= 4 is 5.91 Å². The van der Waals surface area contributed by atoms with E-state index in [1.165, 1.54) is 0 Å². The zero-order chi connectivity index (χ0) is 10.3. The summed E-state index contributed by atoms with van der Waals surface area (Å²) in [7, 11) is 0. The van der Waals surface area contributed by atoms with Crippen LogP contribution >= 0.6 is 0 Å². The second-order valence-electron chi connectivity index (χ2n) is 3.34. The van der Waals surface area contributed by atoms with Gasteiger partial charge in [0.2, 0.25) is 5.91 Å². The van der Waals surface area contributed by atoms with Crippen LogP contribution in [0.3, 0.4) is 0 Å². The maximum Gasteiger partial charge on any atom is 0.237 e. The summed E-state index contributed by atoms with van der Waals surface area (Å²) < 4.78 is 0. The minimum atomic E-state index is -0.386. The highest BCUT2D eigenvalue weighted by Gasteiger charge is 2.18.